The molecule has 1 unspecified atom stereocenters. The number of hydrogen-bond acceptors (Lipinski definition) is 5. The first-order chi connectivity index (χ1) is 7.91. The normalized spacial score (nSPS) is 14.4. The second kappa shape index (κ2) is 7.21. The van der Waals surface area contributed by atoms with Crippen molar-refractivity contribution >= 4 is 11.8 Å². The van der Waals surface area contributed by atoms with E-state index in [0.29, 0.717) is 13.0 Å². The molecule has 0 fully saturated rings. The fraction of sp³-hybridized carbons (Fsp3) is 0.800. The molecule has 0 aliphatic carbocycles. The van der Waals surface area contributed by atoms with Crippen molar-refractivity contribution in [3.63, 3.8) is 0 Å². The largest absolute Gasteiger partial charge is 0.369 e. The van der Waals surface area contributed by atoms with Gasteiger partial charge in [0.15, 0.2) is 0 Å². The van der Waals surface area contributed by atoms with Gasteiger partial charge in [-0.05, 0) is 13.3 Å². The summed E-state index contributed by atoms with van der Waals surface area (Å²) in [6.07, 6.45) is 0.395. The summed E-state index contributed by atoms with van der Waals surface area (Å²) in [7, 11) is 0. The predicted molar refractivity (Wildman–Crippen MR) is 65.6 cm³/mol. The molecule has 0 radical (unpaired) electrons. The van der Waals surface area contributed by atoms with Gasteiger partial charge >= 0.3 is 0 Å². The average Bonchev–Trinajstić information content (AvgIpc) is 2.30. The Hall–Kier alpha value is -1.18. The lowest BCUT2D eigenvalue weighted by Gasteiger charge is -2.24. The minimum absolute atomic E-state index is 0.148. The summed E-state index contributed by atoms with van der Waals surface area (Å²) >= 11 is 0. The topological polar surface area (TPSA) is 150 Å². The van der Waals surface area contributed by atoms with E-state index in [4.69, 9.17) is 22.9 Å². The van der Waals surface area contributed by atoms with Crippen molar-refractivity contribution in [3.05, 3.63) is 0 Å². The molecule has 100 valence electrons. The standard InChI is InChI=1S/C10H23N5O2/c1-10(6-13,9(14)17)2-3-15-8(16)7(4-11)5-12/h7H,2-6,11-13H2,1H3,(H2,14,17)(H,15,16). The highest BCUT2D eigenvalue weighted by Gasteiger charge is 2.29. The van der Waals surface area contributed by atoms with Gasteiger partial charge in [-0.2, -0.15) is 0 Å². The number of rotatable bonds is 8. The van der Waals surface area contributed by atoms with E-state index < -0.39 is 17.2 Å². The number of hydrogen-bond donors (Lipinski definition) is 5. The summed E-state index contributed by atoms with van der Waals surface area (Å²) in [6, 6.07) is 0. The zero-order chi connectivity index (χ0) is 13.5. The number of carbonyl (C=O) groups is 2. The van der Waals surface area contributed by atoms with Crippen LogP contribution in [0.15, 0.2) is 0 Å². The van der Waals surface area contributed by atoms with Gasteiger partial charge in [0.05, 0.1) is 11.3 Å². The Balaban J connectivity index is 4.14. The number of amides is 2. The third-order valence-corrected chi connectivity index (χ3v) is 2.96. The number of nitrogens with one attached hydrogen (secondary N) is 1. The van der Waals surface area contributed by atoms with Crippen molar-refractivity contribution in [1.82, 2.24) is 5.32 Å². The van der Waals surface area contributed by atoms with Crippen LogP contribution in [0.25, 0.3) is 0 Å². The second-order valence-electron chi connectivity index (χ2n) is 4.34. The predicted octanol–water partition coefficient (Wildman–Crippen LogP) is -2.52. The molecule has 2 amide bonds. The smallest absolute Gasteiger partial charge is 0.225 e. The Kier molecular flexibility index (Phi) is 6.71. The summed E-state index contributed by atoms with van der Waals surface area (Å²) in [6.45, 7) is 2.55. The van der Waals surface area contributed by atoms with Crippen molar-refractivity contribution in [1.29, 1.82) is 0 Å². The van der Waals surface area contributed by atoms with Crippen LogP contribution in [0.5, 0.6) is 0 Å². The Bertz CT molecular complexity index is 267. The minimum atomic E-state index is -0.797. The molecule has 7 nitrogen and oxygen atoms in total. The van der Waals surface area contributed by atoms with Crippen LogP contribution in [0.4, 0.5) is 0 Å². The number of primary amides is 1. The van der Waals surface area contributed by atoms with E-state index in [9.17, 15) is 9.59 Å². The fourth-order valence-electron chi connectivity index (χ4n) is 1.24. The molecular weight excluding hydrogens is 222 g/mol. The first-order valence-corrected chi connectivity index (χ1v) is 5.59. The quantitative estimate of drug-likeness (QED) is 0.319. The number of carbonyl (C=O) groups excluding carboxylic acids is 2. The van der Waals surface area contributed by atoms with Gasteiger partial charge < -0.3 is 28.3 Å². The van der Waals surface area contributed by atoms with Crippen molar-refractivity contribution < 1.29 is 9.59 Å². The van der Waals surface area contributed by atoms with E-state index in [1.807, 2.05) is 0 Å². The molecule has 0 aliphatic rings. The summed E-state index contributed by atoms with van der Waals surface area (Å²) in [5.41, 5.74) is 20.7. The van der Waals surface area contributed by atoms with Gasteiger partial charge in [-0.1, -0.05) is 0 Å². The first kappa shape index (κ1) is 15.8. The highest BCUT2D eigenvalue weighted by Crippen LogP contribution is 2.17. The van der Waals surface area contributed by atoms with Gasteiger partial charge in [-0.15, -0.1) is 0 Å². The molecule has 0 spiro atoms. The maximum atomic E-state index is 11.5. The molecule has 9 N–H and O–H groups in total. The van der Waals surface area contributed by atoms with Gasteiger partial charge in [0.25, 0.3) is 0 Å². The molecular formula is C10H23N5O2. The summed E-state index contributed by atoms with van der Waals surface area (Å²) in [4.78, 5) is 22.7. The van der Waals surface area contributed by atoms with Crippen molar-refractivity contribution in [2.75, 3.05) is 26.2 Å². The highest BCUT2D eigenvalue weighted by atomic mass is 16.2. The lowest BCUT2D eigenvalue weighted by Crippen LogP contribution is -2.45. The Labute approximate surface area is 101 Å². The Morgan fingerprint density at radius 3 is 2.12 bits per heavy atom. The third kappa shape index (κ3) is 4.68. The molecule has 0 saturated heterocycles. The maximum Gasteiger partial charge on any atom is 0.225 e. The molecule has 0 aliphatic heterocycles. The zero-order valence-electron chi connectivity index (χ0n) is 10.2. The first-order valence-electron chi connectivity index (χ1n) is 5.59. The molecule has 0 rings (SSSR count). The van der Waals surface area contributed by atoms with E-state index in [1.54, 1.807) is 6.92 Å². The van der Waals surface area contributed by atoms with E-state index in [0.717, 1.165) is 0 Å². The van der Waals surface area contributed by atoms with E-state index >= 15 is 0 Å². The van der Waals surface area contributed by atoms with E-state index in [2.05, 4.69) is 5.32 Å². The molecule has 0 aromatic heterocycles. The van der Waals surface area contributed by atoms with Crippen LogP contribution < -0.4 is 28.3 Å². The summed E-state index contributed by atoms with van der Waals surface area (Å²) < 4.78 is 0. The zero-order valence-corrected chi connectivity index (χ0v) is 10.2. The minimum Gasteiger partial charge on any atom is -0.369 e. The van der Waals surface area contributed by atoms with Crippen LogP contribution in [-0.2, 0) is 9.59 Å². The second-order valence-corrected chi connectivity index (χ2v) is 4.34. The molecule has 0 heterocycles. The molecule has 1 atom stereocenters. The molecule has 0 aromatic rings. The van der Waals surface area contributed by atoms with Gasteiger partial charge in [0.1, 0.15) is 0 Å². The summed E-state index contributed by atoms with van der Waals surface area (Å²) in [5, 5.41) is 2.67. The Morgan fingerprint density at radius 1 is 1.24 bits per heavy atom. The molecule has 7 heteroatoms. The van der Waals surface area contributed by atoms with Crippen LogP contribution in [-0.4, -0.2) is 38.0 Å². The van der Waals surface area contributed by atoms with Crippen LogP contribution in [0, 0.1) is 11.3 Å². The monoisotopic (exact) mass is 245 g/mol. The fourth-order valence-corrected chi connectivity index (χ4v) is 1.24. The van der Waals surface area contributed by atoms with Crippen molar-refractivity contribution in [2.45, 2.75) is 13.3 Å². The lowest BCUT2D eigenvalue weighted by atomic mass is 9.86. The Morgan fingerprint density at radius 2 is 1.76 bits per heavy atom. The third-order valence-electron chi connectivity index (χ3n) is 2.96. The van der Waals surface area contributed by atoms with Gasteiger partial charge in [-0.25, -0.2) is 0 Å². The molecule has 17 heavy (non-hydrogen) atoms. The van der Waals surface area contributed by atoms with Crippen LogP contribution >= 0.6 is 0 Å². The van der Waals surface area contributed by atoms with Gasteiger partial charge in [0, 0.05) is 26.2 Å². The molecule has 0 aromatic carbocycles. The van der Waals surface area contributed by atoms with E-state index in [-0.39, 0.29) is 25.5 Å². The summed E-state index contributed by atoms with van der Waals surface area (Å²) in [5.74, 6) is -1.07. The van der Waals surface area contributed by atoms with Gasteiger partial charge in [-0.3, -0.25) is 9.59 Å². The van der Waals surface area contributed by atoms with Crippen molar-refractivity contribution in [3.8, 4) is 0 Å². The maximum absolute atomic E-state index is 11.5. The average molecular weight is 245 g/mol. The molecule has 0 saturated carbocycles. The number of nitrogens with two attached hydrogens (primary N) is 4. The molecule has 0 bridgehead atoms. The SMILES string of the molecule is CC(CN)(CCNC(=O)C(CN)CN)C(N)=O. The van der Waals surface area contributed by atoms with Gasteiger partial charge in [0.2, 0.25) is 11.8 Å². The van der Waals surface area contributed by atoms with Crippen LogP contribution in [0.1, 0.15) is 13.3 Å². The van der Waals surface area contributed by atoms with Crippen LogP contribution in [0.2, 0.25) is 0 Å². The van der Waals surface area contributed by atoms with Crippen molar-refractivity contribution in [2.24, 2.45) is 34.3 Å². The lowest BCUT2D eigenvalue weighted by molar-refractivity contribution is -0.128. The van der Waals surface area contributed by atoms with E-state index in [1.165, 1.54) is 0 Å². The highest BCUT2D eigenvalue weighted by molar-refractivity contribution is 5.81. The van der Waals surface area contributed by atoms with Crippen LogP contribution in [0.3, 0.4) is 0 Å².